The fraction of sp³-hybridized carbons (Fsp3) is 0.105. The van der Waals surface area contributed by atoms with Crippen molar-refractivity contribution in [3.05, 3.63) is 70.8 Å². The number of imide groups is 2. The van der Waals surface area contributed by atoms with E-state index >= 15 is 0 Å². The molecule has 0 bridgehead atoms. The van der Waals surface area contributed by atoms with Crippen LogP contribution in [-0.2, 0) is 9.53 Å². The van der Waals surface area contributed by atoms with Gasteiger partial charge in [0.1, 0.15) is 6.54 Å². The van der Waals surface area contributed by atoms with E-state index in [0.29, 0.717) is 0 Å². The first-order valence-electron chi connectivity index (χ1n) is 8.05. The number of hydrogen-bond acceptors (Lipinski definition) is 6. The molecule has 0 saturated heterocycles. The van der Waals surface area contributed by atoms with Crippen LogP contribution in [0.2, 0.25) is 0 Å². The molecule has 0 spiro atoms. The van der Waals surface area contributed by atoms with E-state index < -0.39 is 42.9 Å². The zero-order valence-electron chi connectivity index (χ0n) is 13.9. The molecule has 27 heavy (non-hydrogen) atoms. The highest BCUT2D eigenvalue weighted by molar-refractivity contribution is 6.22. The fourth-order valence-corrected chi connectivity index (χ4v) is 3.05. The molecule has 0 unspecified atom stereocenters. The summed E-state index contributed by atoms with van der Waals surface area (Å²) in [4.78, 5) is 62.5. The number of carbonyl (C=O) groups is 5. The third-order valence-corrected chi connectivity index (χ3v) is 4.40. The van der Waals surface area contributed by atoms with Crippen molar-refractivity contribution in [3.8, 4) is 0 Å². The summed E-state index contributed by atoms with van der Waals surface area (Å²) in [6.45, 7) is -1.19. The van der Waals surface area contributed by atoms with Crippen molar-refractivity contribution in [3.63, 3.8) is 0 Å². The van der Waals surface area contributed by atoms with Crippen molar-refractivity contribution in [2.45, 2.75) is 0 Å². The Labute approximate surface area is 152 Å². The van der Waals surface area contributed by atoms with E-state index in [1.165, 1.54) is 24.3 Å². The monoisotopic (exact) mass is 364 g/mol. The molecule has 8 heteroatoms. The number of carbonyl (C=O) groups excluding carboxylic acids is 5. The number of hydrogen-bond donors (Lipinski definition) is 0. The van der Waals surface area contributed by atoms with E-state index in [4.69, 9.17) is 4.74 Å². The van der Waals surface area contributed by atoms with Crippen LogP contribution in [-0.4, -0.2) is 52.7 Å². The van der Waals surface area contributed by atoms with Crippen LogP contribution < -0.4 is 0 Å². The normalized spacial score (nSPS) is 15.3. The lowest BCUT2D eigenvalue weighted by molar-refractivity contribution is -0.146. The van der Waals surface area contributed by atoms with Crippen LogP contribution in [0.5, 0.6) is 0 Å². The van der Waals surface area contributed by atoms with Gasteiger partial charge in [-0.3, -0.25) is 28.9 Å². The Balaban J connectivity index is 1.41. The minimum Gasteiger partial charge on any atom is -0.442 e. The van der Waals surface area contributed by atoms with Gasteiger partial charge in [0.25, 0.3) is 23.6 Å². The summed E-state index contributed by atoms with van der Waals surface area (Å²) in [6.07, 6.45) is 0. The predicted octanol–water partition coefficient (Wildman–Crippen LogP) is 1.08. The number of rotatable bonds is 4. The van der Waals surface area contributed by atoms with Crippen molar-refractivity contribution in [1.82, 2.24) is 9.80 Å². The molecule has 0 fully saturated rings. The molecule has 0 radical (unpaired) electrons. The molecule has 0 saturated carbocycles. The topological polar surface area (TPSA) is 101 Å². The van der Waals surface area contributed by atoms with Crippen LogP contribution >= 0.6 is 0 Å². The van der Waals surface area contributed by atoms with Crippen molar-refractivity contribution in [2.75, 3.05) is 13.3 Å². The van der Waals surface area contributed by atoms with Gasteiger partial charge < -0.3 is 4.74 Å². The minimum absolute atomic E-state index is 0.218. The predicted molar refractivity (Wildman–Crippen MR) is 89.7 cm³/mol. The molecule has 2 heterocycles. The van der Waals surface area contributed by atoms with Gasteiger partial charge in [-0.15, -0.1) is 0 Å². The van der Waals surface area contributed by atoms with Crippen LogP contribution in [0.1, 0.15) is 41.4 Å². The molecular weight excluding hydrogens is 352 g/mol. The second kappa shape index (κ2) is 6.17. The van der Waals surface area contributed by atoms with Crippen molar-refractivity contribution in [2.24, 2.45) is 0 Å². The van der Waals surface area contributed by atoms with Crippen LogP contribution in [0.15, 0.2) is 48.5 Å². The first-order chi connectivity index (χ1) is 13.0. The minimum atomic E-state index is -0.902. The Morgan fingerprint density at radius 3 is 1.44 bits per heavy atom. The number of amides is 4. The first kappa shape index (κ1) is 16.6. The van der Waals surface area contributed by atoms with E-state index in [-0.39, 0.29) is 22.3 Å². The molecular formula is C19H12N2O6. The van der Waals surface area contributed by atoms with Crippen LogP contribution in [0.4, 0.5) is 0 Å². The van der Waals surface area contributed by atoms with Crippen molar-refractivity contribution >= 4 is 29.6 Å². The lowest BCUT2D eigenvalue weighted by atomic mass is 10.1. The van der Waals surface area contributed by atoms with E-state index in [2.05, 4.69) is 0 Å². The first-order valence-corrected chi connectivity index (χ1v) is 8.05. The second-order valence-corrected chi connectivity index (χ2v) is 5.97. The van der Waals surface area contributed by atoms with E-state index in [1.54, 1.807) is 24.3 Å². The van der Waals surface area contributed by atoms with Gasteiger partial charge in [0.15, 0.2) is 6.73 Å². The Morgan fingerprint density at radius 1 is 0.667 bits per heavy atom. The number of benzene rings is 2. The summed E-state index contributed by atoms with van der Waals surface area (Å²) in [6, 6.07) is 12.5. The van der Waals surface area contributed by atoms with Gasteiger partial charge in [-0.2, -0.15) is 0 Å². The van der Waals surface area contributed by atoms with Gasteiger partial charge in [-0.1, -0.05) is 24.3 Å². The average Bonchev–Trinajstić information content (AvgIpc) is 3.07. The summed E-state index contributed by atoms with van der Waals surface area (Å²) in [5.41, 5.74) is 0.907. The summed E-state index contributed by atoms with van der Waals surface area (Å²) in [5, 5.41) is 0. The second-order valence-electron chi connectivity index (χ2n) is 5.97. The van der Waals surface area contributed by atoms with Crippen LogP contribution in [0, 0.1) is 0 Å². The average molecular weight is 364 g/mol. The quantitative estimate of drug-likeness (QED) is 0.594. The molecule has 8 nitrogen and oxygen atoms in total. The maximum absolute atomic E-state index is 12.2. The third kappa shape index (κ3) is 2.58. The number of esters is 1. The molecule has 0 aliphatic carbocycles. The molecule has 2 aromatic carbocycles. The summed E-state index contributed by atoms with van der Waals surface area (Å²) < 4.78 is 4.95. The zero-order valence-corrected chi connectivity index (χ0v) is 13.9. The molecule has 134 valence electrons. The molecule has 2 aliphatic rings. The molecule has 2 aromatic rings. The molecule has 0 aromatic heterocycles. The van der Waals surface area contributed by atoms with E-state index in [1.807, 2.05) is 0 Å². The molecule has 4 amide bonds. The molecule has 2 aliphatic heterocycles. The van der Waals surface area contributed by atoms with Crippen molar-refractivity contribution in [1.29, 1.82) is 0 Å². The molecule has 4 rings (SSSR count). The Kier molecular flexibility index (Phi) is 3.80. The molecule has 0 N–H and O–H groups in total. The van der Waals surface area contributed by atoms with Crippen LogP contribution in [0.25, 0.3) is 0 Å². The smallest absolute Gasteiger partial charge is 0.327 e. The van der Waals surface area contributed by atoms with Gasteiger partial charge in [0.2, 0.25) is 0 Å². The standard InChI is InChI=1S/C19H12N2O6/c22-15(9-20-16(23)11-5-1-2-6-12(11)17(20)24)27-10-21-18(25)13-7-3-4-8-14(13)19(21)26/h1-8H,9-10H2. The van der Waals surface area contributed by atoms with Crippen molar-refractivity contribution < 1.29 is 28.7 Å². The Hall–Kier alpha value is -3.81. The van der Waals surface area contributed by atoms with E-state index in [0.717, 1.165) is 9.80 Å². The third-order valence-electron chi connectivity index (χ3n) is 4.40. The maximum Gasteiger partial charge on any atom is 0.327 e. The number of fused-ring (bicyclic) bond motifs is 2. The summed E-state index contributed by atoms with van der Waals surface area (Å²) in [7, 11) is 0. The lowest BCUT2D eigenvalue weighted by Crippen LogP contribution is -2.38. The number of ether oxygens (including phenoxy) is 1. The lowest BCUT2D eigenvalue weighted by Gasteiger charge is -2.16. The number of nitrogens with zero attached hydrogens (tertiary/aromatic N) is 2. The highest BCUT2D eigenvalue weighted by atomic mass is 16.5. The van der Waals surface area contributed by atoms with Gasteiger partial charge in [-0.25, -0.2) is 4.90 Å². The summed E-state index contributed by atoms with van der Waals surface area (Å²) >= 11 is 0. The van der Waals surface area contributed by atoms with Gasteiger partial charge in [-0.05, 0) is 24.3 Å². The summed E-state index contributed by atoms with van der Waals surface area (Å²) in [5.74, 6) is -3.21. The van der Waals surface area contributed by atoms with Gasteiger partial charge >= 0.3 is 5.97 Å². The van der Waals surface area contributed by atoms with Crippen LogP contribution in [0.3, 0.4) is 0 Å². The highest BCUT2D eigenvalue weighted by Crippen LogP contribution is 2.23. The SMILES string of the molecule is O=C(CN1C(=O)c2ccccc2C1=O)OCN1C(=O)c2ccccc2C1=O. The molecule has 0 atom stereocenters. The maximum atomic E-state index is 12.2. The Bertz CT molecular complexity index is 958. The fourth-order valence-electron chi connectivity index (χ4n) is 3.05. The van der Waals surface area contributed by atoms with Gasteiger partial charge in [0, 0.05) is 0 Å². The highest BCUT2D eigenvalue weighted by Gasteiger charge is 2.38. The van der Waals surface area contributed by atoms with Gasteiger partial charge in [0.05, 0.1) is 22.3 Å². The van der Waals surface area contributed by atoms with E-state index in [9.17, 15) is 24.0 Å². The largest absolute Gasteiger partial charge is 0.442 e. The Morgan fingerprint density at radius 2 is 1.04 bits per heavy atom. The zero-order chi connectivity index (χ0) is 19.1.